The van der Waals surface area contributed by atoms with E-state index in [9.17, 15) is 4.79 Å². The molecule has 1 atom stereocenters. The van der Waals surface area contributed by atoms with E-state index in [-0.39, 0.29) is 6.09 Å². The van der Waals surface area contributed by atoms with Gasteiger partial charge in [0.15, 0.2) is 0 Å². The largest absolute Gasteiger partial charge is 0.491 e. The molecule has 2 heterocycles. The summed E-state index contributed by atoms with van der Waals surface area (Å²) in [5.41, 5.74) is 1.75. The number of rotatable bonds is 1. The molecular weight excluding hydrogens is 294 g/mol. The summed E-state index contributed by atoms with van der Waals surface area (Å²) in [6, 6.07) is 6.17. The molecule has 1 aromatic carbocycles. The van der Waals surface area contributed by atoms with Crippen molar-refractivity contribution in [3.8, 4) is 5.75 Å². The molecule has 0 aromatic heterocycles. The van der Waals surface area contributed by atoms with Gasteiger partial charge < -0.3 is 19.1 Å². The number of ether oxygens (including phenoxy) is 3. The summed E-state index contributed by atoms with van der Waals surface area (Å²) >= 11 is 0. The molecule has 3 rings (SSSR count). The minimum Gasteiger partial charge on any atom is -0.491 e. The maximum Gasteiger partial charge on any atom is 0.410 e. The number of benzene rings is 1. The number of carbonyl (C=O) groups excluding carboxylic acids is 1. The Hall–Kier alpha value is -1.75. The Morgan fingerprint density at radius 3 is 2.83 bits per heavy atom. The number of carbonyl (C=O) groups is 1. The third-order valence-corrected chi connectivity index (χ3v) is 4.12. The van der Waals surface area contributed by atoms with Gasteiger partial charge in [0.1, 0.15) is 18.0 Å². The molecule has 1 saturated heterocycles. The van der Waals surface area contributed by atoms with Crippen LogP contribution >= 0.6 is 0 Å². The van der Waals surface area contributed by atoms with E-state index in [1.165, 1.54) is 5.56 Å². The highest BCUT2D eigenvalue weighted by Gasteiger charge is 2.28. The fraction of sp³-hybridized carbons (Fsp3) is 0.611. The predicted molar refractivity (Wildman–Crippen MR) is 86.8 cm³/mol. The van der Waals surface area contributed by atoms with Crippen LogP contribution in [-0.2, 0) is 16.0 Å². The minimum atomic E-state index is -0.490. The van der Waals surface area contributed by atoms with E-state index in [1.807, 2.05) is 32.9 Å². The molecule has 1 amide bonds. The monoisotopic (exact) mass is 319 g/mol. The third kappa shape index (κ3) is 3.78. The zero-order chi connectivity index (χ0) is 16.4. The first kappa shape index (κ1) is 16.1. The molecule has 0 radical (unpaired) electrons. The van der Waals surface area contributed by atoms with E-state index in [0.29, 0.717) is 25.6 Å². The van der Waals surface area contributed by atoms with Crippen molar-refractivity contribution in [2.24, 2.45) is 0 Å². The second kappa shape index (κ2) is 6.40. The summed E-state index contributed by atoms with van der Waals surface area (Å²) in [5.74, 6) is 1.31. The topological polar surface area (TPSA) is 48.0 Å². The quantitative estimate of drug-likeness (QED) is 0.797. The van der Waals surface area contributed by atoms with E-state index >= 15 is 0 Å². The minimum absolute atomic E-state index is 0.288. The Balaban J connectivity index is 1.81. The normalized spacial score (nSPS) is 21.3. The summed E-state index contributed by atoms with van der Waals surface area (Å²) in [5, 5.41) is 0. The molecule has 0 N–H and O–H groups in total. The van der Waals surface area contributed by atoms with Crippen LogP contribution in [0.4, 0.5) is 4.79 Å². The van der Waals surface area contributed by atoms with E-state index in [0.717, 1.165) is 30.9 Å². The fourth-order valence-corrected chi connectivity index (χ4v) is 3.03. The van der Waals surface area contributed by atoms with Crippen molar-refractivity contribution >= 4 is 6.09 Å². The van der Waals surface area contributed by atoms with Crippen molar-refractivity contribution in [2.45, 2.75) is 45.3 Å². The van der Waals surface area contributed by atoms with Crippen molar-refractivity contribution in [1.82, 2.24) is 4.90 Å². The summed E-state index contributed by atoms with van der Waals surface area (Å²) in [4.78, 5) is 14.1. The van der Waals surface area contributed by atoms with E-state index < -0.39 is 5.60 Å². The number of amides is 1. The highest BCUT2D eigenvalue weighted by Crippen LogP contribution is 2.36. The Labute approximate surface area is 137 Å². The molecule has 0 aliphatic carbocycles. The maximum atomic E-state index is 12.3. The molecule has 23 heavy (non-hydrogen) atoms. The highest BCUT2D eigenvalue weighted by atomic mass is 16.6. The lowest BCUT2D eigenvalue weighted by Gasteiger charge is -2.26. The molecule has 5 nitrogen and oxygen atoms in total. The Morgan fingerprint density at radius 1 is 1.30 bits per heavy atom. The van der Waals surface area contributed by atoms with Crippen LogP contribution in [0.25, 0.3) is 0 Å². The number of para-hydroxylation sites is 1. The zero-order valence-electron chi connectivity index (χ0n) is 14.1. The third-order valence-electron chi connectivity index (χ3n) is 4.12. The molecule has 5 heteroatoms. The number of hydrogen-bond acceptors (Lipinski definition) is 4. The molecule has 1 unspecified atom stereocenters. The summed E-state index contributed by atoms with van der Waals surface area (Å²) in [7, 11) is 0. The van der Waals surface area contributed by atoms with Crippen molar-refractivity contribution in [3.63, 3.8) is 0 Å². The number of nitrogens with zero attached hydrogens (tertiary/aromatic N) is 1. The van der Waals surface area contributed by atoms with Crippen molar-refractivity contribution < 1.29 is 19.0 Å². The summed E-state index contributed by atoms with van der Waals surface area (Å²) in [6.45, 7) is 8.72. The van der Waals surface area contributed by atoms with Crippen molar-refractivity contribution in [2.75, 3.05) is 26.4 Å². The Morgan fingerprint density at radius 2 is 2.13 bits per heavy atom. The van der Waals surface area contributed by atoms with Crippen LogP contribution in [0.2, 0.25) is 0 Å². The maximum absolute atomic E-state index is 12.3. The van der Waals surface area contributed by atoms with Gasteiger partial charge in [-0.1, -0.05) is 18.2 Å². The number of hydrogen-bond donors (Lipinski definition) is 0. The molecule has 2 aliphatic heterocycles. The molecule has 1 aromatic rings. The van der Waals surface area contributed by atoms with Gasteiger partial charge in [-0.05, 0) is 32.8 Å². The second-order valence-corrected chi connectivity index (χ2v) is 7.15. The van der Waals surface area contributed by atoms with Gasteiger partial charge in [0.2, 0.25) is 0 Å². The van der Waals surface area contributed by atoms with Crippen LogP contribution in [0.3, 0.4) is 0 Å². The SMILES string of the molecule is CC(C)(C)OC(=O)N1CCOc2c(cccc2C2CCOC2)C1. The first-order chi connectivity index (χ1) is 10.9. The van der Waals surface area contributed by atoms with Crippen molar-refractivity contribution in [1.29, 1.82) is 0 Å². The standard InChI is InChI=1S/C18H25NO4/c1-18(2,3)23-17(20)19-8-10-22-16-13(11-19)5-4-6-15(16)14-7-9-21-12-14/h4-6,14H,7-12H2,1-3H3. The molecule has 126 valence electrons. The van der Waals surface area contributed by atoms with Gasteiger partial charge in [-0.3, -0.25) is 0 Å². The van der Waals surface area contributed by atoms with E-state index in [4.69, 9.17) is 14.2 Å². The average molecular weight is 319 g/mol. The van der Waals surface area contributed by atoms with Crippen LogP contribution in [0.15, 0.2) is 18.2 Å². The van der Waals surface area contributed by atoms with Gasteiger partial charge in [-0.2, -0.15) is 0 Å². The molecule has 0 saturated carbocycles. The van der Waals surface area contributed by atoms with Gasteiger partial charge in [-0.15, -0.1) is 0 Å². The predicted octanol–water partition coefficient (Wildman–Crippen LogP) is 3.32. The van der Waals surface area contributed by atoms with E-state index in [2.05, 4.69) is 6.07 Å². The van der Waals surface area contributed by atoms with Gasteiger partial charge in [0.05, 0.1) is 19.7 Å². The average Bonchev–Trinajstić information content (AvgIpc) is 2.90. The smallest absolute Gasteiger partial charge is 0.410 e. The lowest BCUT2D eigenvalue weighted by atomic mass is 9.95. The Bertz CT molecular complexity index is 573. The van der Waals surface area contributed by atoms with Crippen LogP contribution in [0.1, 0.15) is 44.2 Å². The summed E-state index contributed by atoms with van der Waals surface area (Å²) < 4.78 is 17.0. The second-order valence-electron chi connectivity index (χ2n) is 7.15. The van der Waals surface area contributed by atoms with Crippen LogP contribution in [0, 0.1) is 0 Å². The van der Waals surface area contributed by atoms with E-state index in [1.54, 1.807) is 4.90 Å². The molecule has 0 spiro atoms. The van der Waals surface area contributed by atoms with Crippen LogP contribution < -0.4 is 4.74 Å². The Kier molecular flexibility index (Phi) is 4.48. The molecule has 0 bridgehead atoms. The van der Waals surface area contributed by atoms with Crippen molar-refractivity contribution in [3.05, 3.63) is 29.3 Å². The van der Waals surface area contributed by atoms with Gasteiger partial charge in [0, 0.05) is 18.1 Å². The van der Waals surface area contributed by atoms with Gasteiger partial charge in [-0.25, -0.2) is 4.79 Å². The zero-order valence-corrected chi connectivity index (χ0v) is 14.1. The molecular formula is C18H25NO4. The number of fused-ring (bicyclic) bond motifs is 1. The van der Waals surface area contributed by atoms with Crippen LogP contribution in [-0.4, -0.2) is 43.0 Å². The fourth-order valence-electron chi connectivity index (χ4n) is 3.03. The lowest BCUT2D eigenvalue weighted by molar-refractivity contribution is 0.0225. The molecule has 2 aliphatic rings. The first-order valence-electron chi connectivity index (χ1n) is 8.24. The highest BCUT2D eigenvalue weighted by molar-refractivity contribution is 5.68. The van der Waals surface area contributed by atoms with Crippen LogP contribution in [0.5, 0.6) is 5.75 Å². The lowest BCUT2D eigenvalue weighted by Crippen LogP contribution is -2.37. The van der Waals surface area contributed by atoms with Gasteiger partial charge in [0.25, 0.3) is 0 Å². The first-order valence-corrected chi connectivity index (χ1v) is 8.24. The van der Waals surface area contributed by atoms with Gasteiger partial charge >= 0.3 is 6.09 Å². The molecule has 1 fully saturated rings. The summed E-state index contributed by atoms with van der Waals surface area (Å²) in [6.07, 6.45) is 0.735.